The number of hydrazine groups is 1. The number of carbonyl (C=O) groups is 1. The monoisotopic (exact) mass is 282 g/mol. The molecule has 0 aromatic carbocycles. The number of hydrogen-bond donors (Lipinski definition) is 4. The summed E-state index contributed by atoms with van der Waals surface area (Å²) in [5, 5.41) is 16.3. The molecule has 0 aliphatic rings. The van der Waals surface area contributed by atoms with Gasteiger partial charge in [0.25, 0.3) is 5.69 Å². The molecule has 0 spiro atoms. The normalized spacial score (nSPS) is 9.90. The van der Waals surface area contributed by atoms with Crippen LogP contribution in [0.5, 0.6) is 0 Å². The lowest BCUT2D eigenvalue weighted by atomic mass is 10.3. The lowest BCUT2D eigenvalue weighted by molar-refractivity contribution is -0.384. The van der Waals surface area contributed by atoms with Gasteiger partial charge in [-0.3, -0.25) is 14.9 Å². The van der Waals surface area contributed by atoms with Crippen LogP contribution in [0.4, 0.5) is 17.3 Å². The maximum atomic E-state index is 11.4. The van der Waals surface area contributed by atoms with Gasteiger partial charge < -0.3 is 16.1 Å². The minimum Gasteiger partial charge on any atom is -0.369 e. The molecule has 0 saturated heterocycles. The third-order valence-electron chi connectivity index (χ3n) is 2.40. The Bertz CT molecular complexity index is 479. The van der Waals surface area contributed by atoms with Crippen molar-refractivity contribution in [3.8, 4) is 0 Å². The van der Waals surface area contributed by atoms with Crippen molar-refractivity contribution in [1.29, 1.82) is 0 Å². The van der Waals surface area contributed by atoms with Gasteiger partial charge in [0.1, 0.15) is 11.6 Å². The second kappa shape index (κ2) is 7.89. The zero-order valence-electron chi connectivity index (χ0n) is 11.2. The van der Waals surface area contributed by atoms with E-state index in [1.165, 1.54) is 12.1 Å². The van der Waals surface area contributed by atoms with Crippen LogP contribution in [0.1, 0.15) is 19.8 Å². The molecule has 0 bridgehead atoms. The van der Waals surface area contributed by atoms with E-state index < -0.39 is 4.92 Å². The average molecular weight is 282 g/mol. The van der Waals surface area contributed by atoms with Gasteiger partial charge in [0.2, 0.25) is 5.91 Å². The van der Waals surface area contributed by atoms with Gasteiger partial charge in [0, 0.05) is 19.5 Å². The van der Waals surface area contributed by atoms with Crippen LogP contribution in [0.15, 0.2) is 12.1 Å². The van der Waals surface area contributed by atoms with E-state index in [2.05, 4.69) is 21.0 Å². The molecular weight excluding hydrogens is 264 g/mol. The summed E-state index contributed by atoms with van der Waals surface area (Å²) >= 11 is 0. The first-order chi connectivity index (χ1) is 9.56. The third kappa shape index (κ3) is 5.06. The van der Waals surface area contributed by atoms with E-state index in [1.54, 1.807) is 0 Å². The summed E-state index contributed by atoms with van der Waals surface area (Å²) < 4.78 is 0. The fraction of sp³-hybridized carbons (Fsp3) is 0.455. The Morgan fingerprint density at radius 1 is 1.40 bits per heavy atom. The number of nitrogens with one attached hydrogen (secondary N) is 3. The smallest absolute Gasteiger partial charge is 0.276 e. The van der Waals surface area contributed by atoms with Gasteiger partial charge in [-0.2, -0.15) is 0 Å². The molecule has 0 aliphatic carbocycles. The van der Waals surface area contributed by atoms with Gasteiger partial charge in [-0.1, -0.05) is 6.92 Å². The van der Waals surface area contributed by atoms with Crippen LogP contribution in [-0.4, -0.2) is 28.9 Å². The van der Waals surface area contributed by atoms with Crippen LogP contribution < -0.4 is 21.9 Å². The summed E-state index contributed by atoms with van der Waals surface area (Å²) in [6.45, 7) is 2.93. The van der Waals surface area contributed by atoms with Crippen molar-refractivity contribution in [2.45, 2.75) is 19.8 Å². The van der Waals surface area contributed by atoms with Crippen molar-refractivity contribution in [2.75, 3.05) is 23.8 Å². The number of anilines is 2. The van der Waals surface area contributed by atoms with Gasteiger partial charge in [0.15, 0.2) is 0 Å². The van der Waals surface area contributed by atoms with Crippen molar-refractivity contribution in [3.63, 3.8) is 0 Å². The number of nitrogens with zero attached hydrogens (tertiary/aromatic N) is 2. The second-order valence-corrected chi connectivity index (χ2v) is 4.02. The molecule has 110 valence electrons. The highest BCUT2D eigenvalue weighted by Gasteiger charge is 2.10. The molecule has 0 radical (unpaired) electrons. The Morgan fingerprint density at radius 2 is 2.10 bits per heavy atom. The highest BCUT2D eigenvalue weighted by molar-refractivity contribution is 5.76. The Kier molecular flexibility index (Phi) is 6.17. The van der Waals surface area contributed by atoms with Crippen LogP contribution >= 0.6 is 0 Å². The van der Waals surface area contributed by atoms with Gasteiger partial charge in [-0.05, 0) is 6.42 Å². The lowest BCUT2D eigenvalue weighted by Crippen LogP contribution is -2.26. The quantitative estimate of drug-likeness (QED) is 0.311. The van der Waals surface area contributed by atoms with E-state index in [9.17, 15) is 14.9 Å². The number of aromatic nitrogens is 1. The molecule has 0 saturated carbocycles. The number of hydrogen-bond acceptors (Lipinski definition) is 7. The summed E-state index contributed by atoms with van der Waals surface area (Å²) in [6.07, 6.45) is 1.13. The van der Waals surface area contributed by atoms with E-state index in [4.69, 9.17) is 5.84 Å². The molecule has 1 rings (SSSR count). The summed E-state index contributed by atoms with van der Waals surface area (Å²) in [5.41, 5.74) is 2.12. The molecule has 1 aromatic heterocycles. The second-order valence-electron chi connectivity index (χ2n) is 4.02. The first-order valence-corrected chi connectivity index (χ1v) is 6.20. The summed E-state index contributed by atoms with van der Waals surface area (Å²) in [5.74, 6) is 5.58. The predicted molar refractivity (Wildman–Crippen MR) is 75.1 cm³/mol. The van der Waals surface area contributed by atoms with Crippen molar-refractivity contribution in [3.05, 3.63) is 22.2 Å². The Morgan fingerprint density at radius 3 is 2.70 bits per heavy atom. The van der Waals surface area contributed by atoms with Gasteiger partial charge >= 0.3 is 0 Å². The Labute approximate surface area is 116 Å². The lowest BCUT2D eigenvalue weighted by Gasteiger charge is -2.07. The fourth-order valence-electron chi connectivity index (χ4n) is 1.44. The number of nitrogen functional groups attached to an aromatic ring is 1. The minimum absolute atomic E-state index is 0.0815. The van der Waals surface area contributed by atoms with Crippen LogP contribution in [0.3, 0.4) is 0 Å². The number of pyridine rings is 1. The standard InChI is InChI=1S/C11H18N6O3/c1-2-4-14-11(18)3-5-13-9-6-8(17(19)20)7-10(15-9)16-12/h6-7H,2-5,12H2,1H3,(H,14,18)(H2,13,15,16). The molecule has 0 unspecified atom stereocenters. The van der Waals surface area contributed by atoms with E-state index >= 15 is 0 Å². The zero-order chi connectivity index (χ0) is 15.0. The van der Waals surface area contributed by atoms with Crippen molar-refractivity contribution < 1.29 is 9.72 Å². The first kappa shape index (κ1) is 15.6. The molecule has 9 nitrogen and oxygen atoms in total. The molecule has 20 heavy (non-hydrogen) atoms. The number of carbonyl (C=O) groups excluding carboxylic acids is 1. The number of rotatable bonds is 8. The maximum absolute atomic E-state index is 11.4. The highest BCUT2D eigenvalue weighted by Crippen LogP contribution is 2.19. The summed E-state index contributed by atoms with van der Waals surface area (Å²) in [6, 6.07) is 2.50. The fourth-order valence-corrected chi connectivity index (χ4v) is 1.44. The topological polar surface area (TPSA) is 135 Å². The largest absolute Gasteiger partial charge is 0.369 e. The number of nitro groups is 1. The van der Waals surface area contributed by atoms with E-state index in [0.29, 0.717) is 13.1 Å². The molecule has 0 atom stereocenters. The number of nitrogens with two attached hydrogens (primary N) is 1. The van der Waals surface area contributed by atoms with Gasteiger partial charge in [-0.25, -0.2) is 10.8 Å². The number of amides is 1. The molecule has 9 heteroatoms. The first-order valence-electron chi connectivity index (χ1n) is 6.20. The van der Waals surface area contributed by atoms with Crippen LogP contribution in [0.2, 0.25) is 0 Å². The highest BCUT2D eigenvalue weighted by atomic mass is 16.6. The molecule has 1 heterocycles. The zero-order valence-corrected chi connectivity index (χ0v) is 11.2. The van der Waals surface area contributed by atoms with E-state index in [1.807, 2.05) is 6.92 Å². The van der Waals surface area contributed by atoms with Crippen LogP contribution in [0, 0.1) is 10.1 Å². The maximum Gasteiger partial charge on any atom is 0.276 e. The van der Waals surface area contributed by atoms with Gasteiger partial charge in [0.05, 0.1) is 17.1 Å². The molecule has 0 aliphatic heterocycles. The molecule has 1 amide bonds. The Balaban J connectivity index is 2.57. The van der Waals surface area contributed by atoms with E-state index in [-0.39, 0.29) is 29.7 Å². The Hall–Kier alpha value is -2.42. The molecule has 1 aromatic rings. The van der Waals surface area contributed by atoms with E-state index in [0.717, 1.165) is 6.42 Å². The SMILES string of the molecule is CCCNC(=O)CCNc1cc([N+](=O)[O-])cc(NN)n1. The molecule has 0 fully saturated rings. The van der Waals surface area contributed by atoms with Gasteiger partial charge in [-0.15, -0.1) is 0 Å². The third-order valence-corrected chi connectivity index (χ3v) is 2.40. The molecule has 5 N–H and O–H groups in total. The van der Waals surface area contributed by atoms with Crippen molar-refractivity contribution in [2.24, 2.45) is 5.84 Å². The van der Waals surface area contributed by atoms with Crippen LogP contribution in [-0.2, 0) is 4.79 Å². The summed E-state index contributed by atoms with van der Waals surface area (Å²) in [7, 11) is 0. The molecular formula is C11H18N6O3. The minimum atomic E-state index is -0.540. The average Bonchev–Trinajstić information content (AvgIpc) is 2.44. The summed E-state index contributed by atoms with van der Waals surface area (Å²) in [4.78, 5) is 25.6. The van der Waals surface area contributed by atoms with Crippen molar-refractivity contribution >= 4 is 23.2 Å². The van der Waals surface area contributed by atoms with Crippen LogP contribution in [0.25, 0.3) is 0 Å². The predicted octanol–water partition coefficient (Wildman–Crippen LogP) is 0.604. The van der Waals surface area contributed by atoms with Crippen molar-refractivity contribution in [1.82, 2.24) is 10.3 Å².